The lowest BCUT2D eigenvalue weighted by atomic mass is 10.2. The number of nitrogens with one attached hydrogen (secondary N) is 3. The number of guanidine groups is 1. The summed E-state index contributed by atoms with van der Waals surface area (Å²) in [6.45, 7) is 7.22. The highest BCUT2D eigenvalue weighted by Gasteiger charge is 2.06. The molecule has 0 radical (unpaired) electrons. The van der Waals surface area contributed by atoms with E-state index in [0.29, 0.717) is 23.6 Å². The summed E-state index contributed by atoms with van der Waals surface area (Å²) in [7, 11) is 0. The van der Waals surface area contributed by atoms with Crippen LogP contribution in [0.4, 0.5) is 5.95 Å². The lowest BCUT2D eigenvalue weighted by molar-refractivity contribution is 0.935. The second kappa shape index (κ2) is 9.68. The Hall–Kier alpha value is -2.54. The normalized spacial score (nSPS) is 11.1. The molecular weight excluding hydrogens is 332 g/mol. The summed E-state index contributed by atoms with van der Waals surface area (Å²) in [4.78, 5) is 13.4. The fourth-order valence-corrected chi connectivity index (χ4v) is 2.49. The van der Waals surface area contributed by atoms with Gasteiger partial charge in [-0.25, -0.2) is 9.97 Å². The van der Waals surface area contributed by atoms with E-state index in [1.807, 2.05) is 45.0 Å². The molecule has 132 valence electrons. The number of hydrogen-bond donors (Lipinski definition) is 3. The smallest absolute Gasteiger partial charge is 0.229 e. The number of hydrogen-bond acceptors (Lipinski definition) is 4. The van der Waals surface area contributed by atoms with Gasteiger partial charge in [-0.2, -0.15) is 0 Å². The van der Waals surface area contributed by atoms with Crippen LogP contribution in [0.2, 0.25) is 0 Å². The molecule has 6 nitrogen and oxygen atoms in total. The van der Waals surface area contributed by atoms with Crippen molar-refractivity contribution in [1.29, 1.82) is 0 Å². The van der Waals surface area contributed by atoms with Crippen molar-refractivity contribution in [1.82, 2.24) is 20.6 Å². The average Bonchev–Trinajstić information content (AvgIpc) is 2.55. The monoisotopic (exact) mass is 356 g/mol. The van der Waals surface area contributed by atoms with E-state index in [0.717, 1.165) is 24.4 Å². The SMILES string of the molecule is CCNC(=S)NC(=NCCc1ccccc1)Nc1nc(C)cc(C)n1. The van der Waals surface area contributed by atoms with Gasteiger partial charge in [-0.05, 0) is 51.0 Å². The molecule has 0 aliphatic heterocycles. The first-order chi connectivity index (χ1) is 12.1. The molecule has 1 heterocycles. The van der Waals surface area contributed by atoms with E-state index in [9.17, 15) is 0 Å². The van der Waals surface area contributed by atoms with Crippen molar-refractivity contribution in [3.05, 3.63) is 53.3 Å². The standard InChI is InChI=1S/C18H24N6S/c1-4-19-18(25)24-16(20-11-10-15-8-6-5-7-9-15)23-17-21-13(2)12-14(3)22-17/h5-9,12H,4,10-11H2,1-3H3,(H3,19,20,21,22,23,24,25). The summed E-state index contributed by atoms with van der Waals surface area (Å²) in [6, 6.07) is 12.2. The molecule has 1 aromatic carbocycles. The van der Waals surface area contributed by atoms with Crippen molar-refractivity contribution in [3.8, 4) is 0 Å². The maximum atomic E-state index is 5.26. The molecule has 0 saturated carbocycles. The second-order valence-electron chi connectivity index (χ2n) is 5.55. The molecule has 0 unspecified atom stereocenters. The molecule has 1 aromatic heterocycles. The molecule has 0 spiro atoms. The predicted molar refractivity (Wildman–Crippen MR) is 107 cm³/mol. The van der Waals surface area contributed by atoms with E-state index in [1.54, 1.807) is 0 Å². The number of aromatic nitrogens is 2. The van der Waals surface area contributed by atoms with Crippen LogP contribution in [0.1, 0.15) is 23.9 Å². The molecule has 2 aromatic rings. The van der Waals surface area contributed by atoms with Crippen LogP contribution in [0, 0.1) is 13.8 Å². The zero-order valence-electron chi connectivity index (χ0n) is 14.8. The van der Waals surface area contributed by atoms with Crippen LogP contribution in [0.5, 0.6) is 0 Å². The number of anilines is 1. The third-order valence-corrected chi connectivity index (χ3v) is 3.54. The van der Waals surface area contributed by atoms with Crippen molar-refractivity contribution < 1.29 is 0 Å². The van der Waals surface area contributed by atoms with Crippen molar-refractivity contribution >= 4 is 29.2 Å². The Morgan fingerprint density at radius 2 is 1.80 bits per heavy atom. The summed E-state index contributed by atoms with van der Waals surface area (Å²) < 4.78 is 0. The van der Waals surface area contributed by atoms with Gasteiger partial charge in [0, 0.05) is 24.5 Å². The van der Waals surface area contributed by atoms with Gasteiger partial charge in [-0.3, -0.25) is 10.3 Å². The van der Waals surface area contributed by atoms with Gasteiger partial charge < -0.3 is 10.6 Å². The maximum absolute atomic E-state index is 5.26. The van der Waals surface area contributed by atoms with Gasteiger partial charge >= 0.3 is 0 Å². The fourth-order valence-electron chi connectivity index (χ4n) is 2.25. The van der Waals surface area contributed by atoms with Crippen LogP contribution < -0.4 is 16.0 Å². The quantitative estimate of drug-likeness (QED) is 0.434. The Labute approximate surface area is 154 Å². The zero-order valence-corrected chi connectivity index (χ0v) is 15.7. The van der Waals surface area contributed by atoms with Gasteiger partial charge in [0.05, 0.1) is 0 Å². The summed E-state index contributed by atoms with van der Waals surface area (Å²) in [5, 5.41) is 9.76. The van der Waals surface area contributed by atoms with Crippen molar-refractivity contribution in [3.63, 3.8) is 0 Å². The largest absolute Gasteiger partial charge is 0.363 e. The predicted octanol–water partition coefficient (Wildman–Crippen LogP) is 2.59. The molecule has 7 heteroatoms. The third kappa shape index (κ3) is 6.84. The van der Waals surface area contributed by atoms with E-state index in [-0.39, 0.29) is 0 Å². The average molecular weight is 356 g/mol. The molecule has 0 fully saturated rings. The van der Waals surface area contributed by atoms with Crippen LogP contribution >= 0.6 is 12.2 Å². The summed E-state index contributed by atoms with van der Waals surface area (Å²) in [5.74, 6) is 1.04. The number of benzene rings is 1. The highest BCUT2D eigenvalue weighted by Crippen LogP contribution is 2.04. The van der Waals surface area contributed by atoms with Gasteiger partial charge in [0.25, 0.3) is 0 Å². The van der Waals surface area contributed by atoms with E-state index in [1.165, 1.54) is 5.56 Å². The fraction of sp³-hybridized carbons (Fsp3) is 0.333. The Morgan fingerprint density at radius 1 is 1.12 bits per heavy atom. The Kier molecular flexibility index (Phi) is 7.28. The first-order valence-electron chi connectivity index (χ1n) is 8.29. The molecular formula is C18H24N6S. The third-order valence-electron chi connectivity index (χ3n) is 3.29. The number of rotatable bonds is 5. The minimum Gasteiger partial charge on any atom is -0.363 e. The summed E-state index contributed by atoms with van der Waals surface area (Å²) in [5.41, 5.74) is 3.03. The molecule has 0 bridgehead atoms. The van der Waals surface area contributed by atoms with Crippen LogP contribution in [-0.4, -0.2) is 34.1 Å². The highest BCUT2D eigenvalue weighted by atomic mass is 32.1. The molecule has 0 atom stereocenters. The van der Waals surface area contributed by atoms with E-state index < -0.39 is 0 Å². The highest BCUT2D eigenvalue weighted by molar-refractivity contribution is 7.80. The number of aryl methyl sites for hydroxylation is 2. The van der Waals surface area contributed by atoms with Gasteiger partial charge in [0.2, 0.25) is 11.9 Å². The molecule has 0 saturated heterocycles. The van der Waals surface area contributed by atoms with Crippen molar-refractivity contribution in [2.45, 2.75) is 27.2 Å². The second-order valence-corrected chi connectivity index (χ2v) is 5.96. The maximum Gasteiger partial charge on any atom is 0.229 e. The summed E-state index contributed by atoms with van der Waals surface area (Å²) in [6.07, 6.45) is 0.843. The minimum atomic E-state index is 0.503. The number of nitrogens with zero attached hydrogens (tertiary/aromatic N) is 3. The van der Waals surface area contributed by atoms with Crippen molar-refractivity contribution in [2.24, 2.45) is 4.99 Å². The topological polar surface area (TPSA) is 74.2 Å². The Bertz CT molecular complexity index is 709. The molecule has 3 N–H and O–H groups in total. The van der Waals surface area contributed by atoms with Gasteiger partial charge in [0.15, 0.2) is 5.11 Å². The first-order valence-corrected chi connectivity index (χ1v) is 8.70. The molecule has 0 aliphatic carbocycles. The Morgan fingerprint density at radius 3 is 2.44 bits per heavy atom. The zero-order chi connectivity index (χ0) is 18.1. The molecule has 0 amide bonds. The van der Waals surface area contributed by atoms with Crippen LogP contribution in [0.25, 0.3) is 0 Å². The van der Waals surface area contributed by atoms with Crippen LogP contribution in [0.3, 0.4) is 0 Å². The first kappa shape index (κ1) is 18.8. The Balaban J connectivity index is 2.08. The molecule has 2 rings (SSSR count). The molecule has 25 heavy (non-hydrogen) atoms. The van der Waals surface area contributed by atoms with E-state index in [2.05, 4.69) is 43.0 Å². The van der Waals surface area contributed by atoms with Crippen LogP contribution in [0.15, 0.2) is 41.4 Å². The van der Waals surface area contributed by atoms with E-state index >= 15 is 0 Å². The lowest BCUT2D eigenvalue weighted by Crippen LogP contribution is -2.42. The van der Waals surface area contributed by atoms with E-state index in [4.69, 9.17) is 12.2 Å². The van der Waals surface area contributed by atoms with Gasteiger partial charge in [0.1, 0.15) is 0 Å². The summed E-state index contributed by atoms with van der Waals surface area (Å²) >= 11 is 5.26. The number of aliphatic imine (C=N–C) groups is 1. The van der Waals surface area contributed by atoms with Crippen molar-refractivity contribution in [2.75, 3.05) is 18.4 Å². The molecule has 0 aliphatic rings. The minimum absolute atomic E-state index is 0.503. The van der Waals surface area contributed by atoms with Gasteiger partial charge in [-0.15, -0.1) is 0 Å². The lowest BCUT2D eigenvalue weighted by Gasteiger charge is -2.13. The van der Waals surface area contributed by atoms with Crippen LogP contribution in [-0.2, 0) is 6.42 Å². The number of thiocarbonyl (C=S) groups is 1. The van der Waals surface area contributed by atoms with Gasteiger partial charge in [-0.1, -0.05) is 30.3 Å².